The van der Waals surface area contributed by atoms with Crippen LogP contribution in [0.5, 0.6) is 5.75 Å². The molecule has 1 aromatic heterocycles. The van der Waals surface area contributed by atoms with Crippen LogP contribution in [0.2, 0.25) is 5.02 Å². The van der Waals surface area contributed by atoms with E-state index in [1.54, 1.807) is 29.5 Å². The Morgan fingerprint density at radius 1 is 1.27 bits per heavy atom. The lowest BCUT2D eigenvalue weighted by Crippen LogP contribution is -2.31. The van der Waals surface area contributed by atoms with E-state index >= 15 is 0 Å². The van der Waals surface area contributed by atoms with Crippen molar-refractivity contribution >= 4 is 50.7 Å². The topological polar surface area (TPSA) is 71.5 Å². The molecule has 1 saturated heterocycles. The third-order valence-corrected chi connectivity index (χ3v) is 6.60. The summed E-state index contributed by atoms with van der Waals surface area (Å²) in [7, 11) is 1.53. The van der Waals surface area contributed by atoms with Crippen molar-refractivity contribution in [1.82, 2.24) is 9.88 Å². The van der Waals surface area contributed by atoms with Crippen LogP contribution in [0.15, 0.2) is 42.5 Å². The van der Waals surface area contributed by atoms with Crippen LogP contribution in [0, 0.1) is 0 Å². The fraction of sp³-hybridized carbons (Fsp3) is 0.318. The summed E-state index contributed by atoms with van der Waals surface area (Å²) in [6, 6.07) is 13.0. The van der Waals surface area contributed by atoms with Gasteiger partial charge in [-0.05, 0) is 43.2 Å². The molecule has 0 radical (unpaired) electrons. The smallest absolute Gasteiger partial charge is 0.224 e. The SMILES string of the molecule is COc1ccc(NC(=O)CCC(=O)N2CCCC2c2nc3ccccc3s2)cc1Cl. The molecule has 4 rings (SSSR count). The van der Waals surface area contributed by atoms with Crippen molar-refractivity contribution in [1.29, 1.82) is 0 Å². The van der Waals surface area contributed by atoms with Crippen molar-refractivity contribution in [2.24, 2.45) is 0 Å². The van der Waals surface area contributed by atoms with E-state index in [0.29, 0.717) is 23.0 Å². The minimum absolute atomic E-state index is 0.00152. The molecule has 1 aliphatic rings. The van der Waals surface area contributed by atoms with Gasteiger partial charge in [0.15, 0.2) is 0 Å². The van der Waals surface area contributed by atoms with E-state index in [2.05, 4.69) is 5.32 Å². The summed E-state index contributed by atoms with van der Waals surface area (Å²) in [4.78, 5) is 31.7. The first-order valence-electron chi connectivity index (χ1n) is 9.83. The second-order valence-corrected chi connectivity index (χ2v) is 8.63. The number of ether oxygens (including phenoxy) is 1. The molecule has 0 aliphatic carbocycles. The monoisotopic (exact) mass is 443 g/mol. The van der Waals surface area contributed by atoms with Gasteiger partial charge in [0.1, 0.15) is 10.8 Å². The number of likely N-dealkylation sites (tertiary alicyclic amines) is 1. The van der Waals surface area contributed by atoms with Crippen LogP contribution in [-0.4, -0.2) is 35.4 Å². The molecule has 0 bridgehead atoms. The number of benzene rings is 2. The zero-order valence-electron chi connectivity index (χ0n) is 16.6. The number of halogens is 1. The number of anilines is 1. The first-order chi connectivity index (χ1) is 14.5. The number of hydrogen-bond donors (Lipinski definition) is 1. The van der Waals surface area contributed by atoms with Gasteiger partial charge in [-0.3, -0.25) is 9.59 Å². The number of nitrogens with one attached hydrogen (secondary N) is 1. The lowest BCUT2D eigenvalue weighted by molar-refractivity contribution is -0.133. The second-order valence-electron chi connectivity index (χ2n) is 7.16. The number of thiazole rings is 1. The summed E-state index contributed by atoms with van der Waals surface area (Å²) in [5.41, 5.74) is 1.54. The highest BCUT2D eigenvalue weighted by Gasteiger charge is 2.32. The number of para-hydroxylation sites is 1. The first kappa shape index (κ1) is 20.6. The van der Waals surface area contributed by atoms with E-state index in [1.165, 1.54) is 7.11 Å². The number of rotatable bonds is 6. The molecule has 1 unspecified atom stereocenters. The van der Waals surface area contributed by atoms with Gasteiger partial charge in [0.2, 0.25) is 11.8 Å². The lowest BCUT2D eigenvalue weighted by atomic mass is 10.2. The zero-order valence-corrected chi connectivity index (χ0v) is 18.1. The fourth-order valence-corrected chi connectivity index (χ4v) is 5.06. The van der Waals surface area contributed by atoms with Crippen molar-refractivity contribution in [2.75, 3.05) is 19.0 Å². The quantitative estimate of drug-likeness (QED) is 0.579. The molecule has 0 saturated carbocycles. The molecule has 0 spiro atoms. The molecule has 2 aromatic carbocycles. The van der Waals surface area contributed by atoms with Crippen molar-refractivity contribution in [3.63, 3.8) is 0 Å². The standard InChI is InChI=1S/C22H22ClN3O3S/c1-29-18-9-8-14(13-15(18)23)24-20(27)10-11-21(28)26-12-4-6-17(26)22-25-16-5-2-3-7-19(16)30-22/h2-3,5,7-9,13,17H,4,6,10-12H2,1H3,(H,24,27). The summed E-state index contributed by atoms with van der Waals surface area (Å²) in [6.45, 7) is 0.704. The number of hydrogen-bond acceptors (Lipinski definition) is 5. The fourth-order valence-electron chi connectivity index (χ4n) is 3.69. The molecule has 156 valence electrons. The Morgan fingerprint density at radius 3 is 2.87 bits per heavy atom. The molecule has 1 aliphatic heterocycles. The molecule has 6 nitrogen and oxygen atoms in total. The van der Waals surface area contributed by atoms with Crippen LogP contribution in [-0.2, 0) is 9.59 Å². The number of aromatic nitrogens is 1. The minimum atomic E-state index is -0.222. The Balaban J connectivity index is 1.36. The third-order valence-electron chi connectivity index (χ3n) is 5.17. The Kier molecular flexibility index (Phi) is 6.20. The van der Waals surface area contributed by atoms with E-state index in [9.17, 15) is 9.59 Å². The van der Waals surface area contributed by atoms with E-state index < -0.39 is 0 Å². The molecule has 1 atom stereocenters. The predicted octanol–water partition coefficient (Wildman–Crippen LogP) is 5.04. The van der Waals surface area contributed by atoms with Gasteiger partial charge >= 0.3 is 0 Å². The van der Waals surface area contributed by atoms with E-state index in [4.69, 9.17) is 21.3 Å². The average molecular weight is 444 g/mol. The van der Waals surface area contributed by atoms with Gasteiger partial charge in [0.25, 0.3) is 0 Å². The summed E-state index contributed by atoms with van der Waals surface area (Å²) in [5.74, 6) is 0.305. The van der Waals surface area contributed by atoms with Gasteiger partial charge in [-0.25, -0.2) is 4.98 Å². The number of carbonyl (C=O) groups is 2. The van der Waals surface area contributed by atoms with Crippen molar-refractivity contribution in [3.8, 4) is 5.75 Å². The number of amides is 2. The van der Waals surface area contributed by atoms with Crippen molar-refractivity contribution in [2.45, 2.75) is 31.7 Å². The second kappa shape index (κ2) is 9.02. The Morgan fingerprint density at radius 2 is 2.10 bits per heavy atom. The van der Waals surface area contributed by atoms with Gasteiger partial charge < -0.3 is 15.0 Å². The van der Waals surface area contributed by atoms with Gasteiger partial charge in [-0.15, -0.1) is 11.3 Å². The minimum Gasteiger partial charge on any atom is -0.495 e. The molecule has 2 heterocycles. The van der Waals surface area contributed by atoms with E-state index in [0.717, 1.165) is 28.1 Å². The highest BCUT2D eigenvalue weighted by molar-refractivity contribution is 7.18. The maximum Gasteiger partial charge on any atom is 0.224 e. The van der Waals surface area contributed by atoms with Crippen molar-refractivity contribution < 1.29 is 14.3 Å². The average Bonchev–Trinajstić information content (AvgIpc) is 3.39. The summed E-state index contributed by atoms with van der Waals surface area (Å²) < 4.78 is 6.24. The third kappa shape index (κ3) is 4.42. The van der Waals surface area contributed by atoms with Crippen LogP contribution in [0.25, 0.3) is 10.2 Å². The summed E-state index contributed by atoms with van der Waals surface area (Å²) in [5, 5.41) is 4.17. The van der Waals surface area contributed by atoms with E-state index in [-0.39, 0.29) is 30.7 Å². The molecule has 8 heteroatoms. The Labute approximate surface area is 183 Å². The summed E-state index contributed by atoms with van der Waals surface area (Å²) >= 11 is 7.73. The molecule has 2 amide bonds. The zero-order chi connectivity index (χ0) is 21.1. The lowest BCUT2D eigenvalue weighted by Gasteiger charge is -2.23. The van der Waals surface area contributed by atoms with Crippen LogP contribution in [0.3, 0.4) is 0 Å². The molecule has 1 N–H and O–H groups in total. The van der Waals surface area contributed by atoms with Crippen LogP contribution in [0.4, 0.5) is 5.69 Å². The van der Waals surface area contributed by atoms with Gasteiger partial charge in [0, 0.05) is 25.1 Å². The summed E-state index contributed by atoms with van der Waals surface area (Å²) in [6.07, 6.45) is 2.13. The van der Waals surface area contributed by atoms with Gasteiger partial charge in [-0.2, -0.15) is 0 Å². The Bertz CT molecular complexity index is 1050. The van der Waals surface area contributed by atoms with Gasteiger partial charge in [0.05, 0.1) is 28.4 Å². The first-order valence-corrected chi connectivity index (χ1v) is 11.0. The highest BCUT2D eigenvalue weighted by Crippen LogP contribution is 2.36. The number of carbonyl (C=O) groups excluding carboxylic acids is 2. The normalized spacial score (nSPS) is 16.1. The molecular weight excluding hydrogens is 422 g/mol. The molecule has 3 aromatic rings. The van der Waals surface area contributed by atoms with Crippen molar-refractivity contribution in [3.05, 3.63) is 52.5 Å². The number of fused-ring (bicyclic) bond motifs is 1. The highest BCUT2D eigenvalue weighted by atomic mass is 35.5. The molecule has 30 heavy (non-hydrogen) atoms. The van der Waals surface area contributed by atoms with Gasteiger partial charge in [-0.1, -0.05) is 23.7 Å². The predicted molar refractivity (Wildman–Crippen MR) is 119 cm³/mol. The van der Waals surface area contributed by atoms with E-state index in [1.807, 2.05) is 29.2 Å². The molecule has 1 fully saturated rings. The number of nitrogens with zero attached hydrogens (tertiary/aromatic N) is 2. The maximum absolute atomic E-state index is 12.8. The van der Waals surface area contributed by atoms with Crippen LogP contribution in [0.1, 0.15) is 36.7 Å². The molecular formula is C22H22ClN3O3S. The largest absolute Gasteiger partial charge is 0.495 e. The van der Waals surface area contributed by atoms with Crippen LogP contribution >= 0.6 is 22.9 Å². The van der Waals surface area contributed by atoms with Crippen LogP contribution < -0.4 is 10.1 Å². The number of methoxy groups -OCH3 is 1. The Hall–Kier alpha value is -2.64. The maximum atomic E-state index is 12.8.